The Kier molecular flexibility index (Phi) is 9.29. The van der Waals surface area contributed by atoms with Gasteiger partial charge >= 0.3 is 5.97 Å². The van der Waals surface area contributed by atoms with Gasteiger partial charge in [-0.05, 0) is 56.3 Å². The minimum atomic E-state index is -1.21. The molecular weight excluding hydrogens is 502 g/mol. The molecular formula is C27H37N5O5Si. The Morgan fingerprint density at radius 3 is 2.39 bits per heavy atom. The van der Waals surface area contributed by atoms with E-state index in [1.54, 1.807) is 26.2 Å². The number of aromatic nitrogens is 3. The Bertz CT molecular complexity index is 1250. The van der Waals surface area contributed by atoms with E-state index >= 15 is 0 Å². The molecule has 10 nitrogen and oxygen atoms in total. The smallest absolute Gasteiger partial charge is 0.314 e. The molecule has 2 heterocycles. The summed E-state index contributed by atoms with van der Waals surface area (Å²) in [5.74, 6) is 0.856. The molecule has 0 radical (unpaired) electrons. The number of rotatable bonds is 12. The van der Waals surface area contributed by atoms with Crippen molar-refractivity contribution in [2.75, 3.05) is 20.3 Å². The van der Waals surface area contributed by atoms with Crippen LogP contribution in [0.5, 0.6) is 5.75 Å². The van der Waals surface area contributed by atoms with Crippen LogP contribution in [0.3, 0.4) is 0 Å². The number of benzene rings is 1. The van der Waals surface area contributed by atoms with Crippen LogP contribution in [-0.2, 0) is 21.0 Å². The van der Waals surface area contributed by atoms with E-state index in [9.17, 15) is 4.79 Å². The molecule has 0 amide bonds. The van der Waals surface area contributed by atoms with Crippen molar-refractivity contribution >= 4 is 19.9 Å². The van der Waals surface area contributed by atoms with E-state index in [0.29, 0.717) is 30.6 Å². The number of methoxy groups -OCH3 is 1. The number of oxime groups is 1. The van der Waals surface area contributed by atoms with Gasteiger partial charge in [0.1, 0.15) is 30.6 Å². The van der Waals surface area contributed by atoms with Crippen LogP contribution in [-0.4, -0.2) is 59.9 Å². The second-order valence-corrected chi connectivity index (χ2v) is 16.5. The summed E-state index contributed by atoms with van der Waals surface area (Å²) in [5, 5.41) is 12.2. The van der Waals surface area contributed by atoms with Crippen LogP contribution >= 0.6 is 0 Å². The summed E-state index contributed by atoms with van der Waals surface area (Å²) in [6, 6.07) is 12.4. The topological polar surface area (TPSA) is 134 Å². The fourth-order valence-electron chi connectivity index (χ4n) is 3.48. The van der Waals surface area contributed by atoms with Gasteiger partial charge in [0.05, 0.1) is 18.2 Å². The number of imidazole rings is 1. The van der Waals surface area contributed by atoms with E-state index < -0.39 is 13.5 Å². The summed E-state index contributed by atoms with van der Waals surface area (Å²) >= 11 is 0. The normalized spacial score (nSPS) is 12.4. The zero-order valence-electron chi connectivity index (χ0n) is 22.9. The number of pyridine rings is 1. The lowest BCUT2D eigenvalue weighted by Gasteiger charge is -2.21. The average Bonchev–Trinajstić information content (AvgIpc) is 3.33. The fraction of sp³-hybridized carbons (Fsp3) is 0.407. The van der Waals surface area contributed by atoms with Crippen LogP contribution < -0.4 is 10.5 Å². The van der Waals surface area contributed by atoms with Crippen molar-refractivity contribution in [3.05, 3.63) is 54.5 Å². The van der Waals surface area contributed by atoms with Crippen molar-refractivity contribution in [3.8, 4) is 28.4 Å². The Morgan fingerprint density at radius 2 is 1.82 bits per heavy atom. The van der Waals surface area contributed by atoms with Crippen molar-refractivity contribution in [3.63, 3.8) is 0 Å². The van der Waals surface area contributed by atoms with Gasteiger partial charge in [-0.3, -0.25) is 9.78 Å². The number of carbonyl (C=O) groups excluding carboxylic acids is 1. The summed E-state index contributed by atoms with van der Waals surface area (Å²) < 4.78 is 18.3. The molecule has 0 aliphatic rings. The van der Waals surface area contributed by atoms with Crippen molar-refractivity contribution in [1.82, 2.24) is 14.5 Å². The summed E-state index contributed by atoms with van der Waals surface area (Å²) in [5.41, 5.74) is 7.84. The molecule has 3 N–H and O–H groups in total. The third-order valence-corrected chi connectivity index (χ3v) is 7.59. The molecule has 0 spiro atoms. The highest BCUT2D eigenvalue weighted by Crippen LogP contribution is 2.26. The van der Waals surface area contributed by atoms with Crippen LogP contribution in [0.25, 0.3) is 22.6 Å². The first kappa shape index (κ1) is 28.9. The van der Waals surface area contributed by atoms with Gasteiger partial charge in [-0.15, -0.1) is 0 Å². The number of hydrogen-bond acceptors (Lipinski definition) is 8. The zero-order valence-corrected chi connectivity index (χ0v) is 23.9. The highest BCUT2D eigenvalue weighted by Gasteiger charge is 2.29. The van der Waals surface area contributed by atoms with Crippen LogP contribution in [0.4, 0.5) is 0 Å². The third-order valence-electron chi connectivity index (χ3n) is 5.88. The van der Waals surface area contributed by atoms with E-state index in [0.717, 1.165) is 22.9 Å². The summed E-state index contributed by atoms with van der Waals surface area (Å²) in [6.07, 6.45) is 3.43. The van der Waals surface area contributed by atoms with Gasteiger partial charge in [0, 0.05) is 38.2 Å². The zero-order chi connectivity index (χ0) is 27.9. The maximum absolute atomic E-state index is 11.9. The lowest BCUT2D eigenvalue weighted by atomic mass is 9.95. The van der Waals surface area contributed by atoms with E-state index in [4.69, 9.17) is 25.2 Å². The molecule has 1 aromatic carbocycles. The average molecular weight is 540 g/mol. The molecule has 0 unspecified atom stereocenters. The Hall–Kier alpha value is -3.70. The standard InChI is InChI=1S/C27H37N5O5Si/c1-27(2,26(33)35-3)17-37-21-10-7-19(8-11-21)22-12-9-20(15-29-22)25-30-23(24(28)31-34)16-32(25)18-36-13-14-38(4,5)6/h7-12,15-16,34H,13-14,17-18H2,1-6H3,(H2,28,31). The van der Waals surface area contributed by atoms with Gasteiger partial charge in [0.2, 0.25) is 0 Å². The fourth-order valence-corrected chi connectivity index (χ4v) is 4.24. The molecule has 11 heteroatoms. The largest absolute Gasteiger partial charge is 0.492 e. The molecule has 0 saturated carbocycles. The van der Waals surface area contributed by atoms with Crippen LogP contribution in [0.2, 0.25) is 25.7 Å². The Balaban J connectivity index is 1.73. The molecule has 38 heavy (non-hydrogen) atoms. The first-order chi connectivity index (χ1) is 17.9. The number of nitrogens with two attached hydrogens (primary N) is 1. The van der Waals surface area contributed by atoms with Gasteiger partial charge in [0.15, 0.2) is 5.84 Å². The molecule has 2 aromatic heterocycles. The van der Waals surface area contributed by atoms with Crippen LogP contribution in [0, 0.1) is 5.41 Å². The van der Waals surface area contributed by atoms with Gasteiger partial charge in [0.25, 0.3) is 0 Å². The van der Waals surface area contributed by atoms with E-state index in [1.165, 1.54) is 7.11 Å². The Morgan fingerprint density at radius 1 is 1.13 bits per heavy atom. The molecule has 0 aliphatic carbocycles. The third kappa shape index (κ3) is 7.65. The highest BCUT2D eigenvalue weighted by molar-refractivity contribution is 6.76. The molecule has 0 bridgehead atoms. The first-order valence-corrected chi connectivity index (χ1v) is 16.0. The summed E-state index contributed by atoms with van der Waals surface area (Å²) in [7, 11) is 0.155. The molecule has 204 valence electrons. The first-order valence-electron chi connectivity index (χ1n) is 12.3. The number of nitrogens with zero attached hydrogens (tertiary/aromatic N) is 4. The number of ether oxygens (including phenoxy) is 3. The van der Waals surface area contributed by atoms with Crippen LogP contribution in [0.15, 0.2) is 53.9 Å². The van der Waals surface area contributed by atoms with Crippen molar-refractivity contribution < 1.29 is 24.2 Å². The van der Waals surface area contributed by atoms with Gasteiger partial charge in [-0.25, -0.2) is 4.98 Å². The predicted molar refractivity (Wildman–Crippen MR) is 149 cm³/mol. The quantitative estimate of drug-likeness (QED) is 0.0649. The predicted octanol–water partition coefficient (Wildman–Crippen LogP) is 4.60. The second kappa shape index (κ2) is 12.2. The van der Waals surface area contributed by atoms with Gasteiger partial charge in [-0.2, -0.15) is 0 Å². The van der Waals surface area contributed by atoms with E-state index in [2.05, 4.69) is 34.8 Å². The monoisotopic (exact) mass is 539 g/mol. The number of amidine groups is 1. The molecule has 3 rings (SSSR count). The van der Waals surface area contributed by atoms with Gasteiger partial charge in [-0.1, -0.05) is 24.8 Å². The molecule has 0 aliphatic heterocycles. The van der Waals surface area contributed by atoms with E-state index in [1.807, 2.05) is 41.0 Å². The van der Waals surface area contributed by atoms with Crippen LogP contribution in [0.1, 0.15) is 19.5 Å². The SMILES string of the molecule is COC(=O)C(C)(C)COc1ccc(-c2ccc(-c3nc(C(N)=NO)cn3COCC[Si](C)(C)C)cn2)cc1. The number of carbonyl (C=O) groups is 1. The Labute approximate surface area is 224 Å². The minimum Gasteiger partial charge on any atom is -0.492 e. The lowest BCUT2D eigenvalue weighted by Crippen LogP contribution is -2.32. The van der Waals surface area contributed by atoms with E-state index in [-0.39, 0.29) is 18.4 Å². The van der Waals surface area contributed by atoms with Gasteiger partial charge < -0.3 is 29.7 Å². The maximum atomic E-state index is 11.9. The van der Waals surface area contributed by atoms with Crippen molar-refractivity contribution in [2.24, 2.45) is 16.3 Å². The summed E-state index contributed by atoms with van der Waals surface area (Å²) in [4.78, 5) is 21.0. The molecule has 0 atom stereocenters. The second-order valence-electron chi connectivity index (χ2n) is 10.9. The lowest BCUT2D eigenvalue weighted by molar-refractivity contribution is -0.152. The highest BCUT2D eigenvalue weighted by atomic mass is 28.3. The molecule has 3 aromatic rings. The maximum Gasteiger partial charge on any atom is 0.314 e. The number of esters is 1. The summed E-state index contributed by atoms with van der Waals surface area (Å²) in [6.45, 7) is 11.6. The molecule has 0 saturated heterocycles. The minimum absolute atomic E-state index is 0.0750. The number of hydrogen-bond donors (Lipinski definition) is 2. The van der Waals surface area contributed by atoms with Crippen molar-refractivity contribution in [2.45, 2.75) is 46.3 Å². The van der Waals surface area contributed by atoms with Crippen molar-refractivity contribution in [1.29, 1.82) is 0 Å². The molecule has 0 fully saturated rings.